The van der Waals surface area contributed by atoms with Gasteiger partial charge in [-0.15, -0.1) is 11.8 Å². The first kappa shape index (κ1) is 16.2. The molecule has 2 unspecified atom stereocenters. The van der Waals surface area contributed by atoms with Gasteiger partial charge in [-0.05, 0) is 40.0 Å². The lowest BCUT2D eigenvalue weighted by Gasteiger charge is -2.28. The molecule has 0 aromatic heterocycles. The van der Waals surface area contributed by atoms with Crippen LogP contribution in [0.3, 0.4) is 0 Å². The Hall–Kier alpha value is -0.130. The Bertz CT molecular complexity index is 479. The van der Waals surface area contributed by atoms with E-state index >= 15 is 0 Å². The summed E-state index contributed by atoms with van der Waals surface area (Å²) in [7, 11) is 1.65. The minimum Gasteiger partial charge on any atom is -0.496 e. The third-order valence-corrected chi connectivity index (χ3v) is 7.28. The van der Waals surface area contributed by atoms with E-state index < -0.39 is 0 Å². The quantitative estimate of drug-likeness (QED) is 0.771. The van der Waals surface area contributed by atoms with Gasteiger partial charge in [0.15, 0.2) is 5.78 Å². The number of ether oxygens (including phenoxy) is 1. The lowest BCUT2D eigenvalue weighted by molar-refractivity contribution is -0.117. The molecule has 5 heteroatoms. The normalized spacial score (nSPS) is 22.6. The topological polar surface area (TPSA) is 26.3 Å². The van der Waals surface area contributed by atoms with Crippen LogP contribution in [0.2, 0.25) is 0 Å². The molecule has 110 valence electrons. The van der Waals surface area contributed by atoms with Crippen LogP contribution in [0.4, 0.5) is 0 Å². The highest BCUT2D eigenvalue weighted by atomic mass is 79.9. The summed E-state index contributed by atoms with van der Waals surface area (Å²) in [5.41, 5.74) is 1.05. The average Bonchev–Trinajstić information content (AvgIpc) is 2.47. The number of carbonyl (C=O) groups excluding carboxylic acids is 1. The summed E-state index contributed by atoms with van der Waals surface area (Å²) in [6.07, 6.45) is 1.58. The molecule has 1 heterocycles. The number of Topliss-reactive ketones (excluding diaryl/α,β-unsaturated/α-hetero) is 1. The fourth-order valence-electron chi connectivity index (χ4n) is 2.32. The van der Waals surface area contributed by atoms with Crippen LogP contribution >= 0.6 is 39.5 Å². The van der Waals surface area contributed by atoms with Gasteiger partial charge >= 0.3 is 0 Å². The van der Waals surface area contributed by atoms with Crippen LogP contribution in [-0.2, 0) is 11.2 Å². The molecule has 0 amide bonds. The molecule has 0 radical (unpaired) electrons. The second kappa shape index (κ2) is 7.76. The molecular formula is C15H19BrO2S2. The molecular weight excluding hydrogens is 356 g/mol. The minimum atomic E-state index is 0.152. The van der Waals surface area contributed by atoms with Gasteiger partial charge in [-0.1, -0.05) is 13.0 Å². The third-order valence-electron chi connectivity index (χ3n) is 3.36. The van der Waals surface area contributed by atoms with Gasteiger partial charge in [-0.25, -0.2) is 0 Å². The van der Waals surface area contributed by atoms with E-state index in [2.05, 4.69) is 22.9 Å². The number of hydrogen-bond donors (Lipinski definition) is 0. The van der Waals surface area contributed by atoms with E-state index in [0.717, 1.165) is 28.0 Å². The van der Waals surface area contributed by atoms with Crippen LogP contribution < -0.4 is 4.74 Å². The van der Waals surface area contributed by atoms with Crippen molar-refractivity contribution in [2.45, 2.75) is 30.3 Å². The molecule has 0 saturated carbocycles. The maximum absolute atomic E-state index is 12.5. The molecule has 1 saturated heterocycles. The molecule has 0 spiro atoms. The van der Waals surface area contributed by atoms with E-state index in [1.165, 1.54) is 5.75 Å². The number of rotatable bonds is 5. The molecule has 2 atom stereocenters. The van der Waals surface area contributed by atoms with Crippen LogP contribution in [0.25, 0.3) is 0 Å². The summed E-state index contributed by atoms with van der Waals surface area (Å²) in [5.74, 6) is 3.41. The second-order valence-corrected chi connectivity index (χ2v) is 8.17. The predicted octanol–water partition coefficient (Wildman–Crippen LogP) is 4.20. The Balaban J connectivity index is 2.05. The molecule has 20 heavy (non-hydrogen) atoms. The average molecular weight is 375 g/mol. The molecule has 0 bridgehead atoms. The molecule has 1 aliphatic heterocycles. The maximum Gasteiger partial charge on any atom is 0.151 e. The molecule has 0 N–H and O–H groups in total. The van der Waals surface area contributed by atoms with E-state index in [1.54, 1.807) is 7.11 Å². The second-order valence-electron chi connectivity index (χ2n) is 4.72. The van der Waals surface area contributed by atoms with Crippen molar-refractivity contribution >= 4 is 45.2 Å². The van der Waals surface area contributed by atoms with E-state index in [1.807, 2.05) is 41.7 Å². The number of ketones is 1. The molecule has 0 aliphatic carbocycles. The summed E-state index contributed by atoms with van der Waals surface area (Å²) in [6, 6.07) is 5.87. The zero-order valence-corrected chi connectivity index (χ0v) is 14.9. The molecule has 2 nitrogen and oxygen atoms in total. The first-order chi connectivity index (χ1) is 9.65. The lowest BCUT2D eigenvalue weighted by atomic mass is 10.0. The maximum atomic E-state index is 12.5. The monoisotopic (exact) mass is 374 g/mol. The summed E-state index contributed by atoms with van der Waals surface area (Å²) >= 11 is 7.25. The van der Waals surface area contributed by atoms with Crippen molar-refractivity contribution in [2.75, 3.05) is 18.6 Å². The van der Waals surface area contributed by atoms with Gasteiger partial charge in [0.2, 0.25) is 0 Å². The first-order valence-corrected chi connectivity index (χ1v) is 9.63. The van der Waals surface area contributed by atoms with Crippen molar-refractivity contribution in [3.8, 4) is 5.75 Å². The van der Waals surface area contributed by atoms with Crippen LogP contribution in [-0.4, -0.2) is 34.9 Å². The van der Waals surface area contributed by atoms with Gasteiger partial charge in [0, 0.05) is 23.2 Å². The zero-order valence-electron chi connectivity index (χ0n) is 11.7. The van der Waals surface area contributed by atoms with Crippen LogP contribution in [0.5, 0.6) is 5.75 Å². The first-order valence-electron chi connectivity index (χ1n) is 6.74. The highest BCUT2D eigenvalue weighted by Crippen LogP contribution is 2.34. The van der Waals surface area contributed by atoms with Gasteiger partial charge < -0.3 is 4.74 Å². The fraction of sp³-hybridized carbons (Fsp3) is 0.533. The standard InChI is InChI=1S/C15H19BrO2S2/c1-3-14-15(20-7-6-19-14)12(17)9-10-4-5-13(18-2)11(16)8-10/h4-5,8,14-15H,3,6-7,9H2,1-2H3. The smallest absolute Gasteiger partial charge is 0.151 e. The SMILES string of the molecule is CCC1SCCSC1C(=O)Cc1ccc(OC)c(Br)c1. The van der Waals surface area contributed by atoms with Crippen molar-refractivity contribution in [3.05, 3.63) is 28.2 Å². The van der Waals surface area contributed by atoms with Crippen molar-refractivity contribution in [3.63, 3.8) is 0 Å². The Morgan fingerprint density at radius 3 is 2.80 bits per heavy atom. The van der Waals surface area contributed by atoms with Crippen molar-refractivity contribution < 1.29 is 9.53 Å². The van der Waals surface area contributed by atoms with Gasteiger partial charge in [0.1, 0.15) is 5.75 Å². The number of methoxy groups -OCH3 is 1. The fourth-order valence-corrected chi connectivity index (χ4v) is 5.95. The van der Waals surface area contributed by atoms with Gasteiger partial charge in [-0.2, -0.15) is 11.8 Å². The lowest BCUT2D eigenvalue weighted by Crippen LogP contribution is -2.33. The van der Waals surface area contributed by atoms with Gasteiger partial charge in [-0.3, -0.25) is 4.79 Å². The van der Waals surface area contributed by atoms with E-state index in [-0.39, 0.29) is 5.25 Å². The number of benzene rings is 1. The predicted molar refractivity (Wildman–Crippen MR) is 92.2 cm³/mol. The number of hydrogen-bond acceptors (Lipinski definition) is 4. The molecule has 1 aliphatic rings. The Morgan fingerprint density at radius 1 is 1.40 bits per heavy atom. The molecule has 1 aromatic carbocycles. The number of carbonyl (C=O) groups is 1. The van der Waals surface area contributed by atoms with E-state index in [4.69, 9.17) is 4.74 Å². The Labute approximate surface area is 137 Å². The summed E-state index contributed by atoms with van der Waals surface area (Å²) in [4.78, 5) is 12.5. The largest absolute Gasteiger partial charge is 0.496 e. The van der Waals surface area contributed by atoms with Crippen LogP contribution in [0, 0.1) is 0 Å². The molecule has 2 rings (SSSR count). The van der Waals surface area contributed by atoms with Gasteiger partial charge in [0.25, 0.3) is 0 Å². The van der Waals surface area contributed by atoms with Crippen molar-refractivity contribution in [1.82, 2.24) is 0 Å². The highest BCUT2D eigenvalue weighted by molar-refractivity contribution is 9.10. The minimum absolute atomic E-state index is 0.152. The zero-order chi connectivity index (χ0) is 14.5. The summed E-state index contributed by atoms with van der Waals surface area (Å²) in [5, 5.41) is 0.627. The Kier molecular flexibility index (Phi) is 6.30. The van der Waals surface area contributed by atoms with E-state index in [0.29, 0.717) is 17.5 Å². The highest BCUT2D eigenvalue weighted by Gasteiger charge is 2.30. The van der Waals surface area contributed by atoms with Crippen molar-refractivity contribution in [2.24, 2.45) is 0 Å². The summed E-state index contributed by atoms with van der Waals surface area (Å²) in [6.45, 7) is 2.17. The Morgan fingerprint density at radius 2 is 2.15 bits per heavy atom. The summed E-state index contributed by atoms with van der Waals surface area (Å²) < 4.78 is 6.12. The molecule has 1 fully saturated rings. The van der Waals surface area contributed by atoms with Crippen LogP contribution in [0.1, 0.15) is 18.9 Å². The van der Waals surface area contributed by atoms with Crippen LogP contribution in [0.15, 0.2) is 22.7 Å². The number of halogens is 1. The van der Waals surface area contributed by atoms with Gasteiger partial charge in [0.05, 0.1) is 16.8 Å². The third kappa shape index (κ3) is 3.95. The van der Waals surface area contributed by atoms with Crippen molar-refractivity contribution in [1.29, 1.82) is 0 Å². The number of thioether (sulfide) groups is 2. The van der Waals surface area contributed by atoms with E-state index in [9.17, 15) is 4.79 Å². The molecule has 1 aromatic rings.